The van der Waals surface area contributed by atoms with Gasteiger partial charge in [0, 0.05) is 11.8 Å². The molecule has 0 heterocycles. The fraction of sp³-hybridized carbons (Fsp3) is 0.467. The van der Waals surface area contributed by atoms with Gasteiger partial charge < -0.3 is 20.7 Å². The first kappa shape index (κ1) is 15.8. The van der Waals surface area contributed by atoms with E-state index in [0.29, 0.717) is 5.56 Å². The Bertz CT molecular complexity index is 684. The van der Waals surface area contributed by atoms with Crippen LogP contribution in [0.4, 0.5) is 8.78 Å². The van der Waals surface area contributed by atoms with Crippen LogP contribution in [0.3, 0.4) is 0 Å². The zero-order valence-corrected chi connectivity index (χ0v) is 11.9. The molecule has 0 spiro atoms. The summed E-state index contributed by atoms with van der Waals surface area (Å²) in [5.74, 6) is -5.99. The van der Waals surface area contributed by atoms with Crippen molar-refractivity contribution in [2.24, 2.45) is 17.6 Å². The van der Waals surface area contributed by atoms with Gasteiger partial charge in [0.25, 0.3) is 0 Å². The number of carboxylic acid groups (broad SMARTS) is 2. The Balaban J connectivity index is 1.77. The van der Waals surface area contributed by atoms with Crippen LogP contribution in [0.25, 0.3) is 0 Å². The van der Waals surface area contributed by atoms with Gasteiger partial charge in [-0.05, 0) is 24.1 Å². The first-order valence-electron chi connectivity index (χ1n) is 7.03. The van der Waals surface area contributed by atoms with Crippen LogP contribution in [0.5, 0.6) is 0 Å². The summed E-state index contributed by atoms with van der Waals surface area (Å²) in [6.45, 7) is -0.0968. The Labute approximate surface area is 129 Å². The average Bonchev–Trinajstić information content (AvgIpc) is 2.95. The lowest BCUT2D eigenvalue weighted by Gasteiger charge is -2.31. The summed E-state index contributed by atoms with van der Waals surface area (Å²) in [4.78, 5) is 22.5. The number of hydrogen-bond acceptors (Lipinski definition) is 4. The van der Waals surface area contributed by atoms with E-state index < -0.39 is 46.9 Å². The number of aliphatic carboxylic acids is 2. The predicted molar refractivity (Wildman–Crippen MR) is 72.6 cm³/mol. The minimum atomic E-state index is -2.62. The highest BCUT2D eigenvalue weighted by Gasteiger charge is 2.85. The van der Waals surface area contributed by atoms with Crippen LogP contribution in [0.1, 0.15) is 12.0 Å². The molecule has 0 unspecified atom stereocenters. The normalized spacial score (nSPS) is 38.1. The third kappa shape index (κ3) is 2.13. The molecule has 124 valence electrons. The molecule has 0 saturated heterocycles. The van der Waals surface area contributed by atoms with E-state index in [-0.39, 0.29) is 13.0 Å². The fourth-order valence-corrected chi connectivity index (χ4v) is 3.63. The highest BCUT2D eigenvalue weighted by Crippen LogP contribution is 2.67. The summed E-state index contributed by atoms with van der Waals surface area (Å²) in [7, 11) is 0. The maximum Gasteiger partial charge on any atom is 0.342 e. The molecule has 1 aromatic rings. The van der Waals surface area contributed by atoms with E-state index in [1.165, 1.54) is 18.2 Å². The summed E-state index contributed by atoms with van der Waals surface area (Å²) < 4.78 is 32.9. The molecule has 1 aromatic carbocycles. The summed E-state index contributed by atoms with van der Waals surface area (Å²) in [5, 5.41) is 18.3. The molecule has 2 saturated carbocycles. The topological polar surface area (TPSA) is 110 Å². The minimum Gasteiger partial charge on any atom is -0.480 e. The van der Waals surface area contributed by atoms with Crippen molar-refractivity contribution in [1.29, 1.82) is 0 Å². The Morgan fingerprint density at radius 1 is 1.35 bits per heavy atom. The highest BCUT2D eigenvalue weighted by atomic mass is 19.1. The van der Waals surface area contributed by atoms with Gasteiger partial charge in [0.05, 0.1) is 12.7 Å². The molecule has 6 nitrogen and oxygen atoms in total. The number of alkyl halides is 1. The van der Waals surface area contributed by atoms with E-state index in [1.807, 2.05) is 0 Å². The summed E-state index contributed by atoms with van der Waals surface area (Å²) >= 11 is 0. The lowest BCUT2D eigenvalue weighted by atomic mass is 9.88. The summed E-state index contributed by atoms with van der Waals surface area (Å²) in [6, 6.07) is 5.55. The lowest BCUT2D eigenvalue weighted by molar-refractivity contribution is -0.156. The monoisotopic (exact) mass is 327 g/mol. The molecule has 4 N–H and O–H groups in total. The van der Waals surface area contributed by atoms with Crippen LogP contribution in [-0.4, -0.2) is 39.5 Å². The maximum atomic E-state index is 14.3. The second kappa shape index (κ2) is 4.97. The van der Waals surface area contributed by atoms with Gasteiger partial charge in [-0.2, -0.15) is 0 Å². The summed E-state index contributed by atoms with van der Waals surface area (Å²) in [6.07, 6.45) is -1.15. The van der Waals surface area contributed by atoms with Crippen LogP contribution >= 0.6 is 0 Å². The highest BCUT2D eigenvalue weighted by molar-refractivity contribution is 5.90. The number of carboxylic acids is 2. The number of carbonyl (C=O) groups is 2. The number of halogens is 2. The number of nitrogens with two attached hydrogens (primary N) is 1. The standard InChI is InChI=1S/C15H15F2NO5/c16-8-3-1-2-7(4-8)6-23-10-5-9-11(14(9,17)12(19)20)15(10,18)13(21)22/h1-4,9-11H,5-6,18H2,(H,19,20)(H,21,22)/t9-,10-,11+,14-,15+/m1/s1. The Kier molecular flexibility index (Phi) is 3.42. The number of rotatable bonds is 5. The molecule has 23 heavy (non-hydrogen) atoms. The first-order valence-corrected chi connectivity index (χ1v) is 7.03. The van der Waals surface area contributed by atoms with Gasteiger partial charge in [-0.3, -0.25) is 4.79 Å². The molecule has 5 atom stereocenters. The van der Waals surface area contributed by atoms with Crippen molar-refractivity contribution in [2.75, 3.05) is 0 Å². The number of benzene rings is 1. The molecule has 0 amide bonds. The van der Waals surface area contributed by atoms with E-state index in [1.54, 1.807) is 6.07 Å². The van der Waals surface area contributed by atoms with Gasteiger partial charge in [0.1, 0.15) is 11.4 Å². The van der Waals surface area contributed by atoms with Crippen molar-refractivity contribution in [3.05, 3.63) is 35.6 Å². The van der Waals surface area contributed by atoms with Crippen molar-refractivity contribution in [3.63, 3.8) is 0 Å². The molecule has 2 aliphatic carbocycles. The van der Waals surface area contributed by atoms with Crippen molar-refractivity contribution in [2.45, 2.75) is 30.3 Å². The smallest absolute Gasteiger partial charge is 0.342 e. The van der Waals surface area contributed by atoms with Gasteiger partial charge in [-0.15, -0.1) is 0 Å². The van der Waals surface area contributed by atoms with Crippen LogP contribution in [0, 0.1) is 17.7 Å². The van der Waals surface area contributed by atoms with Gasteiger partial charge in [0.15, 0.2) is 0 Å². The molecule has 0 aliphatic heterocycles. The lowest BCUT2D eigenvalue weighted by Crippen LogP contribution is -2.60. The Morgan fingerprint density at radius 3 is 2.61 bits per heavy atom. The third-order valence-electron chi connectivity index (χ3n) is 4.84. The fourth-order valence-electron chi connectivity index (χ4n) is 3.63. The number of fused-ring (bicyclic) bond motifs is 1. The van der Waals surface area contributed by atoms with Crippen LogP contribution < -0.4 is 5.73 Å². The van der Waals surface area contributed by atoms with Gasteiger partial charge >= 0.3 is 11.9 Å². The van der Waals surface area contributed by atoms with Crippen LogP contribution in [-0.2, 0) is 20.9 Å². The van der Waals surface area contributed by atoms with E-state index in [2.05, 4.69) is 0 Å². The van der Waals surface area contributed by atoms with Crippen molar-refractivity contribution >= 4 is 11.9 Å². The zero-order valence-electron chi connectivity index (χ0n) is 11.9. The first-order chi connectivity index (χ1) is 10.7. The molecular weight excluding hydrogens is 312 g/mol. The molecule has 8 heteroatoms. The Morgan fingerprint density at radius 2 is 2.04 bits per heavy atom. The van der Waals surface area contributed by atoms with Crippen molar-refractivity contribution < 1.29 is 33.3 Å². The van der Waals surface area contributed by atoms with E-state index in [9.17, 15) is 23.5 Å². The summed E-state index contributed by atoms with van der Waals surface area (Å²) in [5.41, 5.74) is 1.57. The second-order valence-corrected chi connectivity index (χ2v) is 6.06. The molecular formula is C15H15F2NO5. The number of hydrogen-bond donors (Lipinski definition) is 3. The van der Waals surface area contributed by atoms with Crippen molar-refractivity contribution in [3.8, 4) is 0 Å². The Hall–Kier alpha value is -2.06. The third-order valence-corrected chi connectivity index (χ3v) is 4.84. The largest absolute Gasteiger partial charge is 0.480 e. The SMILES string of the molecule is N[C@]1(C(=O)O)[C@H]2[C@@H](C[C@H]1OCc1cccc(F)c1)[C@]2(F)C(=O)O. The van der Waals surface area contributed by atoms with Gasteiger partial charge in [-0.25, -0.2) is 13.6 Å². The minimum absolute atomic E-state index is 0.0968. The number of ether oxygens (including phenoxy) is 1. The predicted octanol–water partition coefficient (Wildman–Crippen LogP) is 0.936. The molecule has 2 fully saturated rings. The molecule has 3 rings (SSSR count). The van der Waals surface area contributed by atoms with E-state index in [0.717, 1.165) is 0 Å². The van der Waals surface area contributed by atoms with Crippen molar-refractivity contribution in [1.82, 2.24) is 0 Å². The van der Waals surface area contributed by atoms with E-state index in [4.69, 9.17) is 15.6 Å². The second-order valence-electron chi connectivity index (χ2n) is 6.06. The quantitative estimate of drug-likeness (QED) is 0.742. The average molecular weight is 327 g/mol. The van der Waals surface area contributed by atoms with E-state index >= 15 is 0 Å². The molecule has 0 aromatic heterocycles. The molecule has 0 bridgehead atoms. The van der Waals surface area contributed by atoms with Gasteiger partial charge in [0.2, 0.25) is 5.67 Å². The zero-order chi connectivity index (χ0) is 17.0. The molecule has 0 radical (unpaired) electrons. The van der Waals surface area contributed by atoms with Crippen LogP contribution in [0.15, 0.2) is 24.3 Å². The van der Waals surface area contributed by atoms with Gasteiger partial charge in [-0.1, -0.05) is 12.1 Å². The van der Waals surface area contributed by atoms with Crippen LogP contribution in [0.2, 0.25) is 0 Å². The maximum absolute atomic E-state index is 14.3. The molecule has 2 aliphatic rings.